The minimum absolute atomic E-state index is 0.0167. The normalized spacial score (nSPS) is 17.9. The van der Waals surface area contributed by atoms with Gasteiger partial charge in [-0.1, -0.05) is 61.8 Å². The smallest absolute Gasteiger partial charge is 0.301 e. The number of nitrogens with zero attached hydrogens (tertiary/aromatic N) is 3. The molecule has 1 saturated heterocycles. The van der Waals surface area contributed by atoms with Gasteiger partial charge in [-0.15, -0.1) is 5.10 Å². The Morgan fingerprint density at radius 2 is 1.75 bits per heavy atom. The molecule has 1 aromatic heterocycles. The van der Waals surface area contributed by atoms with Crippen molar-refractivity contribution >= 4 is 34.9 Å². The lowest BCUT2D eigenvalue weighted by Crippen LogP contribution is -2.30. The third-order valence-electron chi connectivity index (χ3n) is 5.49. The van der Waals surface area contributed by atoms with Crippen LogP contribution in [-0.4, -0.2) is 27.0 Å². The van der Waals surface area contributed by atoms with Gasteiger partial charge >= 0.3 is 5.91 Å². The molecule has 1 N–H and O–H groups in total. The van der Waals surface area contributed by atoms with E-state index in [9.17, 15) is 14.7 Å². The van der Waals surface area contributed by atoms with Gasteiger partial charge in [-0.3, -0.25) is 14.5 Å². The SMILES string of the molecule is Cc1ccc(N2C(=O)C(=O)C(=C(O)c3cccc(Cl)c3)C2c2ccc(C(C)C)cc2)nn1. The van der Waals surface area contributed by atoms with Gasteiger partial charge in [0.05, 0.1) is 17.3 Å². The number of hydrogen-bond donors (Lipinski definition) is 1. The summed E-state index contributed by atoms with van der Waals surface area (Å²) in [6, 6.07) is 16.7. The number of hydrogen-bond acceptors (Lipinski definition) is 5. The fourth-order valence-corrected chi connectivity index (χ4v) is 3.95. The maximum absolute atomic E-state index is 13.1. The van der Waals surface area contributed by atoms with Gasteiger partial charge in [0.15, 0.2) is 5.82 Å². The van der Waals surface area contributed by atoms with Crippen molar-refractivity contribution < 1.29 is 14.7 Å². The minimum Gasteiger partial charge on any atom is -0.507 e. The average molecular weight is 448 g/mol. The molecule has 7 heteroatoms. The van der Waals surface area contributed by atoms with Crippen molar-refractivity contribution in [1.82, 2.24) is 10.2 Å². The minimum atomic E-state index is -0.854. The Labute approximate surface area is 191 Å². The molecule has 0 aliphatic carbocycles. The van der Waals surface area contributed by atoms with Gasteiger partial charge in [-0.2, -0.15) is 5.10 Å². The van der Waals surface area contributed by atoms with Crippen LogP contribution in [0.2, 0.25) is 5.02 Å². The molecule has 1 fully saturated rings. The number of ketones is 1. The van der Waals surface area contributed by atoms with Crippen LogP contribution in [0.15, 0.2) is 66.2 Å². The second-order valence-electron chi connectivity index (χ2n) is 8.03. The third-order valence-corrected chi connectivity index (χ3v) is 5.73. The highest BCUT2D eigenvalue weighted by molar-refractivity contribution is 6.51. The van der Waals surface area contributed by atoms with Crippen LogP contribution in [-0.2, 0) is 9.59 Å². The molecule has 2 heterocycles. The van der Waals surface area contributed by atoms with Crippen molar-refractivity contribution in [3.05, 3.63) is 93.6 Å². The van der Waals surface area contributed by atoms with E-state index in [2.05, 4.69) is 24.0 Å². The van der Waals surface area contributed by atoms with Gasteiger partial charge in [-0.05, 0) is 48.2 Å². The van der Waals surface area contributed by atoms with E-state index in [4.69, 9.17) is 11.6 Å². The molecule has 1 aliphatic rings. The molecule has 1 aliphatic heterocycles. The molecule has 6 nitrogen and oxygen atoms in total. The number of carbonyl (C=O) groups is 2. The Bertz CT molecular complexity index is 1220. The summed E-state index contributed by atoms with van der Waals surface area (Å²) < 4.78 is 0. The van der Waals surface area contributed by atoms with E-state index in [0.29, 0.717) is 27.8 Å². The van der Waals surface area contributed by atoms with E-state index in [1.807, 2.05) is 24.3 Å². The first-order valence-electron chi connectivity index (χ1n) is 10.2. The lowest BCUT2D eigenvalue weighted by atomic mass is 9.93. The summed E-state index contributed by atoms with van der Waals surface area (Å²) in [4.78, 5) is 27.5. The number of aliphatic hydroxyl groups excluding tert-OH is 1. The summed E-state index contributed by atoms with van der Waals surface area (Å²) in [7, 11) is 0. The summed E-state index contributed by atoms with van der Waals surface area (Å²) in [6.45, 7) is 5.95. The highest BCUT2D eigenvalue weighted by Crippen LogP contribution is 2.41. The largest absolute Gasteiger partial charge is 0.507 e. The first-order valence-corrected chi connectivity index (χ1v) is 10.6. The zero-order valence-electron chi connectivity index (χ0n) is 17.9. The van der Waals surface area contributed by atoms with Crippen LogP contribution in [0, 0.1) is 6.92 Å². The van der Waals surface area contributed by atoms with Crippen LogP contribution in [0.4, 0.5) is 5.82 Å². The highest BCUT2D eigenvalue weighted by atomic mass is 35.5. The maximum Gasteiger partial charge on any atom is 0.301 e. The van der Waals surface area contributed by atoms with Crippen LogP contribution < -0.4 is 4.90 Å². The first kappa shape index (κ1) is 21.7. The van der Waals surface area contributed by atoms with E-state index in [1.54, 1.807) is 43.3 Å². The first-order chi connectivity index (χ1) is 15.3. The van der Waals surface area contributed by atoms with Crippen molar-refractivity contribution in [1.29, 1.82) is 0 Å². The molecule has 32 heavy (non-hydrogen) atoms. The fourth-order valence-electron chi connectivity index (χ4n) is 3.76. The van der Waals surface area contributed by atoms with Crippen molar-refractivity contribution in [2.75, 3.05) is 4.90 Å². The third kappa shape index (κ3) is 3.89. The summed E-state index contributed by atoms with van der Waals surface area (Å²) in [6.07, 6.45) is 0. The van der Waals surface area contributed by atoms with E-state index in [-0.39, 0.29) is 17.2 Å². The zero-order chi connectivity index (χ0) is 23.0. The summed E-state index contributed by atoms with van der Waals surface area (Å²) in [5.74, 6) is -1.29. The zero-order valence-corrected chi connectivity index (χ0v) is 18.7. The molecule has 0 saturated carbocycles. The molecule has 4 rings (SSSR count). The van der Waals surface area contributed by atoms with Crippen LogP contribution in [0.25, 0.3) is 5.76 Å². The molecule has 1 atom stereocenters. The van der Waals surface area contributed by atoms with Crippen LogP contribution >= 0.6 is 11.6 Å². The van der Waals surface area contributed by atoms with Gasteiger partial charge < -0.3 is 5.11 Å². The Morgan fingerprint density at radius 1 is 1.03 bits per heavy atom. The highest BCUT2D eigenvalue weighted by Gasteiger charge is 2.47. The van der Waals surface area contributed by atoms with Gasteiger partial charge in [0.2, 0.25) is 0 Å². The van der Waals surface area contributed by atoms with Crippen LogP contribution in [0.1, 0.15) is 48.2 Å². The number of rotatable bonds is 4. The quantitative estimate of drug-likeness (QED) is 0.338. The van der Waals surface area contributed by atoms with Gasteiger partial charge in [0.25, 0.3) is 5.78 Å². The Morgan fingerprint density at radius 3 is 2.34 bits per heavy atom. The van der Waals surface area contributed by atoms with Crippen molar-refractivity contribution in [2.45, 2.75) is 32.7 Å². The lowest BCUT2D eigenvalue weighted by molar-refractivity contribution is -0.132. The Hall–Kier alpha value is -3.51. The number of aliphatic hydroxyl groups is 1. The summed E-state index contributed by atoms with van der Waals surface area (Å²) >= 11 is 6.09. The molecular formula is C25H22ClN3O3. The lowest BCUT2D eigenvalue weighted by Gasteiger charge is -2.24. The van der Waals surface area contributed by atoms with E-state index >= 15 is 0 Å². The molecule has 162 valence electrons. The molecule has 0 radical (unpaired) electrons. The molecule has 1 amide bonds. The number of amides is 1. The monoisotopic (exact) mass is 447 g/mol. The van der Waals surface area contributed by atoms with E-state index < -0.39 is 17.7 Å². The number of Topliss-reactive ketones (excluding diaryl/α,β-unsaturated/α-hetero) is 1. The fraction of sp³-hybridized carbons (Fsp3) is 0.200. The second kappa shape index (κ2) is 8.55. The molecule has 0 spiro atoms. The van der Waals surface area contributed by atoms with Gasteiger partial charge in [0, 0.05) is 10.6 Å². The Balaban J connectivity index is 1.93. The van der Waals surface area contributed by atoms with Crippen molar-refractivity contribution in [3.63, 3.8) is 0 Å². The van der Waals surface area contributed by atoms with Crippen LogP contribution in [0.5, 0.6) is 0 Å². The topological polar surface area (TPSA) is 83.4 Å². The number of anilines is 1. The number of halogens is 1. The van der Waals surface area contributed by atoms with Gasteiger partial charge in [0.1, 0.15) is 5.76 Å². The number of carbonyl (C=O) groups excluding carboxylic acids is 2. The second-order valence-corrected chi connectivity index (χ2v) is 8.47. The van der Waals surface area contributed by atoms with Crippen molar-refractivity contribution in [2.24, 2.45) is 0 Å². The number of aromatic nitrogens is 2. The molecule has 1 unspecified atom stereocenters. The predicted octanol–water partition coefficient (Wildman–Crippen LogP) is 5.19. The average Bonchev–Trinajstić information content (AvgIpc) is 3.04. The maximum atomic E-state index is 13.1. The summed E-state index contributed by atoms with van der Waals surface area (Å²) in [5, 5.41) is 19.7. The number of benzene rings is 2. The van der Waals surface area contributed by atoms with Crippen LogP contribution in [0.3, 0.4) is 0 Å². The number of aryl methyl sites for hydroxylation is 1. The summed E-state index contributed by atoms with van der Waals surface area (Å²) in [5.41, 5.74) is 2.82. The van der Waals surface area contributed by atoms with Crippen molar-refractivity contribution in [3.8, 4) is 0 Å². The Kier molecular flexibility index (Phi) is 5.80. The van der Waals surface area contributed by atoms with Gasteiger partial charge in [-0.25, -0.2) is 0 Å². The molecule has 2 aromatic carbocycles. The van der Waals surface area contributed by atoms with E-state index in [1.165, 1.54) is 4.90 Å². The molecular weight excluding hydrogens is 426 g/mol. The van der Waals surface area contributed by atoms with E-state index in [0.717, 1.165) is 5.56 Å². The molecule has 0 bridgehead atoms. The standard InChI is InChI=1S/C25H22ClN3O3/c1-14(2)16-8-10-17(11-9-16)22-21(23(30)18-5-4-6-19(26)13-18)24(31)25(32)29(22)20-12-7-15(3)27-28-20/h4-14,22,30H,1-3H3. The predicted molar refractivity (Wildman–Crippen MR) is 124 cm³/mol. The molecule has 3 aromatic rings.